The van der Waals surface area contributed by atoms with E-state index in [1.165, 1.54) is 12.1 Å². The van der Waals surface area contributed by atoms with E-state index in [-0.39, 0.29) is 29.7 Å². The predicted molar refractivity (Wildman–Crippen MR) is 111 cm³/mol. The monoisotopic (exact) mass is 428 g/mol. The average molecular weight is 428 g/mol. The first-order valence-electron chi connectivity index (χ1n) is 9.93. The molecule has 32 heavy (non-hydrogen) atoms. The normalized spacial score (nSPS) is 13.6. The van der Waals surface area contributed by atoms with Crippen molar-refractivity contribution in [2.45, 2.75) is 19.1 Å². The molecule has 4 rings (SSSR count). The molecule has 7 heteroatoms. The lowest BCUT2D eigenvalue weighted by molar-refractivity contribution is -0.255. The van der Waals surface area contributed by atoms with Gasteiger partial charge in [0.25, 0.3) is 11.8 Å². The van der Waals surface area contributed by atoms with E-state index in [1.54, 1.807) is 30.3 Å². The number of carboxylic acids is 1. The summed E-state index contributed by atoms with van der Waals surface area (Å²) in [6.45, 7) is 0.0677. The Morgan fingerprint density at radius 3 is 2.12 bits per heavy atom. The zero-order valence-corrected chi connectivity index (χ0v) is 16.9. The number of carbonyl (C=O) groups excluding carboxylic acids is 4. The van der Waals surface area contributed by atoms with Gasteiger partial charge in [-0.2, -0.15) is 0 Å². The van der Waals surface area contributed by atoms with Crippen LogP contribution in [0.1, 0.15) is 54.7 Å². The second-order valence-corrected chi connectivity index (χ2v) is 7.31. The maximum Gasteiger partial charge on any atom is 0.308 e. The van der Waals surface area contributed by atoms with Crippen LogP contribution in [0.3, 0.4) is 0 Å². The molecule has 3 aromatic carbocycles. The van der Waals surface area contributed by atoms with Crippen molar-refractivity contribution in [3.8, 4) is 0 Å². The van der Waals surface area contributed by atoms with Crippen molar-refractivity contribution < 1.29 is 29.0 Å². The first kappa shape index (κ1) is 21.0. The maximum atomic E-state index is 13.1. The van der Waals surface area contributed by atoms with Crippen molar-refractivity contribution >= 4 is 23.8 Å². The topological polar surface area (TPSA) is 104 Å². The Hall–Kier alpha value is -4.26. The number of ether oxygens (including phenoxy) is 1. The number of benzene rings is 3. The highest BCUT2D eigenvalue weighted by atomic mass is 16.5. The van der Waals surface area contributed by atoms with E-state index in [1.807, 2.05) is 30.3 Å². The van der Waals surface area contributed by atoms with Crippen LogP contribution in [0, 0.1) is 0 Å². The van der Waals surface area contributed by atoms with E-state index in [2.05, 4.69) is 0 Å². The van der Waals surface area contributed by atoms with Crippen LogP contribution in [0.5, 0.6) is 0 Å². The Morgan fingerprint density at radius 1 is 0.844 bits per heavy atom. The molecule has 1 aliphatic heterocycles. The van der Waals surface area contributed by atoms with Gasteiger partial charge < -0.3 is 14.6 Å². The summed E-state index contributed by atoms with van der Waals surface area (Å²) in [6.07, 6.45) is -0.240. The molecule has 0 bridgehead atoms. The summed E-state index contributed by atoms with van der Waals surface area (Å²) in [7, 11) is 0. The van der Waals surface area contributed by atoms with E-state index in [0.717, 1.165) is 16.5 Å². The molecule has 0 aliphatic carbocycles. The van der Waals surface area contributed by atoms with Gasteiger partial charge in [-0.1, -0.05) is 66.7 Å². The number of carboxylic acid groups (broad SMARTS) is 1. The number of hydrogen-bond acceptors (Lipinski definition) is 6. The fourth-order valence-corrected chi connectivity index (χ4v) is 3.66. The Balaban J connectivity index is 1.61. The van der Waals surface area contributed by atoms with Gasteiger partial charge in [0.05, 0.1) is 29.6 Å². The van der Waals surface area contributed by atoms with Crippen LogP contribution < -0.4 is 5.11 Å². The second kappa shape index (κ2) is 8.85. The van der Waals surface area contributed by atoms with Gasteiger partial charge in [0.2, 0.25) is 0 Å². The third-order valence-corrected chi connectivity index (χ3v) is 5.25. The van der Waals surface area contributed by atoms with Gasteiger partial charge in [0, 0.05) is 0 Å². The molecule has 160 valence electrons. The smallest absolute Gasteiger partial charge is 0.308 e. The molecule has 0 saturated heterocycles. The molecular weight excluding hydrogens is 410 g/mol. The quantitative estimate of drug-likeness (QED) is 0.423. The highest BCUT2D eigenvalue weighted by Crippen LogP contribution is 2.34. The van der Waals surface area contributed by atoms with Crippen LogP contribution in [-0.4, -0.2) is 28.7 Å². The lowest BCUT2D eigenvalue weighted by Crippen LogP contribution is -2.35. The maximum absolute atomic E-state index is 13.1. The van der Waals surface area contributed by atoms with Gasteiger partial charge in [0.15, 0.2) is 0 Å². The van der Waals surface area contributed by atoms with Crippen molar-refractivity contribution in [3.63, 3.8) is 0 Å². The number of amides is 2. The van der Waals surface area contributed by atoms with Crippen LogP contribution in [0.4, 0.5) is 0 Å². The average Bonchev–Trinajstić information content (AvgIpc) is 3.06. The van der Waals surface area contributed by atoms with Crippen LogP contribution >= 0.6 is 0 Å². The Kier molecular flexibility index (Phi) is 5.81. The number of hydrogen-bond donors (Lipinski definition) is 0. The summed E-state index contributed by atoms with van der Waals surface area (Å²) in [6, 6.07) is 20.6. The highest BCUT2D eigenvalue weighted by molar-refractivity contribution is 6.22. The number of nitrogens with zero attached hydrogens (tertiary/aromatic N) is 1. The van der Waals surface area contributed by atoms with E-state index in [4.69, 9.17) is 4.74 Å². The van der Waals surface area contributed by atoms with Gasteiger partial charge in [-0.05, 0) is 28.8 Å². The van der Waals surface area contributed by atoms with Crippen molar-refractivity contribution in [2.24, 2.45) is 0 Å². The number of carbonyl (C=O) groups is 4. The van der Waals surface area contributed by atoms with Gasteiger partial charge in [-0.25, -0.2) is 0 Å². The van der Waals surface area contributed by atoms with E-state index >= 15 is 0 Å². The van der Waals surface area contributed by atoms with Gasteiger partial charge in [-0.15, -0.1) is 0 Å². The number of imide groups is 1. The molecule has 7 nitrogen and oxygen atoms in total. The number of aromatic carboxylic acids is 1. The minimum atomic E-state index is -1.45. The third-order valence-electron chi connectivity index (χ3n) is 5.25. The van der Waals surface area contributed by atoms with Crippen molar-refractivity contribution in [3.05, 3.63) is 107 Å². The number of rotatable bonds is 7. The minimum absolute atomic E-state index is 0.0321. The highest BCUT2D eigenvalue weighted by Gasteiger charge is 2.41. The molecule has 0 spiro atoms. The first-order valence-corrected chi connectivity index (χ1v) is 9.93. The fourth-order valence-electron chi connectivity index (χ4n) is 3.66. The van der Waals surface area contributed by atoms with E-state index in [9.17, 15) is 24.3 Å². The lowest BCUT2D eigenvalue weighted by Gasteiger charge is -2.26. The first-order chi connectivity index (χ1) is 15.5. The van der Waals surface area contributed by atoms with Crippen molar-refractivity contribution in [2.75, 3.05) is 0 Å². The largest absolute Gasteiger partial charge is 0.545 e. The molecule has 0 saturated carbocycles. The molecule has 0 aromatic heterocycles. The summed E-state index contributed by atoms with van der Waals surface area (Å²) < 4.78 is 5.36. The minimum Gasteiger partial charge on any atom is -0.545 e. The molecular formula is C25H18NO6-. The summed E-state index contributed by atoms with van der Waals surface area (Å²) in [5.74, 6) is -3.29. The van der Waals surface area contributed by atoms with Gasteiger partial charge >= 0.3 is 5.97 Å². The molecule has 1 heterocycles. The number of esters is 1. The fraction of sp³-hybridized carbons (Fsp3) is 0.120. The standard InChI is InChI=1S/C25H19NO6/c27-22(32-15-16-7-3-1-4-8-16)14-21(17-9-5-2-6-10-17)26-23(28)19-12-11-18(25(30)31)13-20(19)24(26)29/h1-13,21H,14-15H2,(H,30,31)/p-1. The van der Waals surface area contributed by atoms with Gasteiger partial charge in [0.1, 0.15) is 6.61 Å². The SMILES string of the molecule is O=C(CC(c1ccccc1)N1C(=O)c2ccc(C(=O)[O-])cc2C1=O)OCc1ccccc1. The molecule has 1 unspecified atom stereocenters. The third kappa shape index (κ3) is 4.13. The van der Waals surface area contributed by atoms with Gasteiger partial charge in [-0.3, -0.25) is 19.3 Å². The van der Waals surface area contributed by atoms with Crippen LogP contribution in [0.25, 0.3) is 0 Å². The molecule has 2 amide bonds. The lowest BCUT2D eigenvalue weighted by atomic mass is 10.0. The summed E-state index contributed by atoms with van der Waals surface area (Å²) in [5, 5.41) is 11.2. The molecule has 0 radical (unpaired) electrons. The van der Waals surface area contributed by atoms with E-state index in [0.29, 0.717) is 5.56 Å². The predicted octanol–water partition coefficient (Wildman–Crippen LogP) is 2.52. The Morgan fingerprint density at radius 2 is 1.47 bits per heavy atom. The Labute approximate surface area is 183 Å². The summed E-state index contributed by atoms with van der Waals surface area (Å²) in [4.78, 5) is 50.9. The molecule has 0 fully saturated rings. The van der Waals surface area contributed by atoms with Crippen LogP contribution in [0.15, 0.2) is 78.9 Å². The van der Waals surface area contributed by atoms with Crippen molar-refractivity contribution in [1.29, 1.82) is 0 Å². The van der Waals surface area contributed by atoms with Crippen LogP contribution in [0.2, 0.25) is 0 Å². The second-order valence-electron chi connectivity index (χ2n) is 7.31. The van der Waals surface area contributed by atoms with Crippen LogP contribution in [-0.2, 0) is 16.1 Å². The molecule has 1 aliphatic rings. The zero-order valence-electron chi connectivity index (χ0n) is 16.9. The number of fused-ring (bicyclic) bond motifs is 1. The summed E-state index contributed by atoms with van der Waals surface area (Å²) in [5.41, 5.74) is 1.24. The van der Waals surface area contributed by atoms with Crippen molar-refractivity contribution in [1.82, 2.24) is 4.90 Å². The molecule has 3 aromatic rings. The zero-order chi connectivity index (χ0) is 22.7. The summed E-state index contributed by atoms with van der Waals surface area (Å²) >= 11 is 0. The molecule has 1 atom stereocenters. The van der Waals surface area contributed by atoms with E-state index < -0.39 is 29.8 Å². The Bertz CT molecular complexity index is 1190. The molecule has 0 N–H and O–H groups in total.